The molecule has 0 aliphatic carbocycles. The van der Waals surface area contributed by atoms with Gasteiger partial charge in [0.25, 0.3) is 10.0 Å². The fourth-order valence-electron chi connectivity index (χ4n) is 1.74. The number of aromatic amines is 1. The zero-order valence-electron chi connectivity index (χ0n) is 10.5. The molecule has 0 saturated heterocycles. The molecule has 5 N–H and O–H groups in total. The molecule has 0 amide bonds. The first-order chi connectivity index (χ1) is 9.45. The fourth-order valence-corrected chi connectivity index (χ4v) is 2.72. The van der Waals surface area contributed by atoms with Crippen molar-refractivity contribution < 1.29 is 13.6 Å². The second-order valence-corrected chi connectivity index (χ2v) is 5.66. The third-order valence-corrected chi connectivity index (χ3v) is 3.94. The number of hydrogen-bond acceptors (Lipinski definition) is 5. The van der Waals surface area contributed by atoms with Gasteiger partial charge < -0.3 is 10.9 Å². The average molecular weight is 295 g/mol. The Bertz CT molecular complexity index is 737. The van der Waals surface area contributed by atoms with Crippen LogP contribution in [-0.4, -0.2) is 29.7 Å². The van der Waals surface area contributed by atoms with Gasteiger partial charge in [-0.3, -0.25) is 9.82 Å². The largest absolute Gasteiger partial charge is 0.409 e. The molecule has 9 heteroatoms. The van der Waals surface area contributed by atoms with Crippen LogP contribution in [0.25, 0.3) is 0 Å². The molecule has 0 saturated carbocycles. The Morgan fingerprint density at radius 3 is 2.80 bits per heavy atom. The van der Waals surface area contributed by atoms with Crippen molar-refractivity contribution in [1.29, 1.82) is 0 Å². The predicted molar refractivity (Wildman–Crippen MR) is 73.1 cm³/mol. The van der Waals surface area contributed by atoms with E-state index >= 15 is 0 Å². The first-order valence-corrected chi connectivity index (χ1v) is 7.03. The van der Waals surface area contributed by atoms with Crippen molar-refractivity contribution in [2.75, 3.05) is 4.72 Å². The maximum Gasteiger partial charge on any atom is 0.278 e. The van der Waals surface area contributed by atoms with Gasteiger partial charge in [-0.1, -0.05) is 17.3 Å². The minimum atomic E-state index is -3.81. The molecule has 0 unspecified atom stereocenters. The topological polar surface area (TPSA) is 133 Å². The van der Waals surface area contributed by atoms with Gasteiger partial charge in [-0.15, -0.1) is 0 Å². The smallest absolute Gasteiger partial charge is 0.278 e. The highest BCUT2D eigenvalue weighted by Gasteiger charge is 2.19. The quantitative estimate of drug-likeness (QED) is 0.284. The molecule has 8 nitrogen and oxygen atoms in total. The summed E-state index contributed by atoms with van der Waals surface area (Å²) in [5, 5.41) is 17.6. The molecule has 0 bridgehead atoms. The number of nitrogens with one attached hydrogen (secondary N) is 2. The summed E-state index contributed by atoms with van der Waals surface area (Å²) in [6, 6.07) is 6.23. The molecular weight excluding hydrogens is 282 g/mol. The first-order valence-electron chi connectivity index (χ1n) is 5.55. The van der Waals surface area contributed by atoms with Crippen molar-refractivity contribution in [3.63, 3.8) is 0 Å². The second-order valence-electron chi connectivity index (χ2n) is 4.01. The minimum absolute atomic E-state index is 0.0792. The van der Waals surface area contributed by atoms with Crippen molar-refractivity contribution in [2.24, 2.45) is 10.9 Å². The molecule has 106 valence electrons. The van der Waals surface area contributed by atoms with Crippen LogP contribution in [0.2, 0.25) is 0 Å². The van der Waals surface area contributed by atoms with Crippen LogP contribution in [0.5, 0.6) is 0 Å². The van der Waals surface area contributed by atoms with Gasteiger partial charge in [-0.2, -0.15) is 13.5 Å². The number of sulfonamides is 1. The van der Waals surface area contributed by atoms with Gasteiger partial charge in [-0.05, 0) is 24.6 Å². The van der Waals surface area contributed by atoms with Gasteiger partial charge in [0.2, 0.25) is 0 Å². The summed E-state index contributed by atoms with van der Waals surface area (Å²) in [5.41, 5.74) is 6.79. The second kappa shape index (κ2) is 5.21. The van der Waals surface area contributed by atoms with Crippen molar-refractivity contribution in [2.45, 2.75) is 11.9 Å². The van der Waals surface area contributed by atoms with Gasteiger partial charge in [0.15, 0.2) is 10.9 Å². The predicted octanol–water partition coefficient (Wildman–Crippen LogP) is 0.613. The van der Waals surface area contributed by atoms with Gasteiger partial charge in [0.05, 0.1) is 11.9 Å². The molecule has 1 aromatic heterocycles. The Balaban J connectivity index is 2.48. The standard InChI is InChI=1S/C11H13N5O3S/c1-7-3-2-4-8(10(7)11(12)15-17)16-20(18,19)9-5-6-13-14-9/h2-6,16-17H,1H3,(H2,12,15)(H,13,14). The van der Waals surface area contributed by atoms with Gasteiger partial charge in [0.1, 0.15) is 0 Å². The normalized spacial score (nSPS) is 12.3. The maximum atomic E-state index is 12.1. The number of H-pyrrole nitrogens is 1. The van der Waals surface area contributed by atoms with E-state index in [1.165, 1.54) is 18.3 Å². The Morgan fingerprint density at radius 1 is 1.45 bits per heavy atom. The van der Waals surface area contributed by atoms with Crippen LogP contribution in [0.4, 0.5) is 5.69 Å². The summed E-state index contributed by atoms with van der Waals surface area (Å²) >= 11 is 0. The maximum absolute atomic E-state index is 12.1. The summed E-state index contributed by atoms with van der Waals surface area (Å²) in [5.74, 6) is -0.176. The van der Waals surface area contributed by atoms with E-state index in [0.717, 1.165) is 0 Å². The minimum Gasteiger partial charge on any atom is -0.409 e. The van der Waals surface area contributed by atoms with E-state index in [9.17, 15) is 8.42 Å². The van der Waals surface area contributed by atoms with E-state index in [4.69, 9.17) is 10.9 Å². The summed E-state index contributed by atoms with van der Waals surface area (Å²) in [6.45, 7) is 1.72. The molecule has 2 rings (SSSR count). The van der Waals surface area contributed by atoms with Crippen LogP contribution in [-0.2, 0) is 10.0 Å². The molecule has 20 heavy (non-hydrogen) atoms. The van der Waals surface area contributed by atoms with Crippen molar-refractivity contribution >= 4 is 21.5 Å². The van der Waals surface area contributed by atoms with Crippen LogP contribution >= 0.6 is 0 Å². The number of rotatable bonds is 4. The van der Waals surface area contributed by atoms with Crippen LogP contribution in [0, 0.1) is 6.92 Å². The van der Waals surface area contributed by atoms with E-state index in [-0.39, 0.29) is 16.5 Å². The summed E-state index contributed by atoms with van der Waals surface area (Å²) in [4.78, 5) is 0. The van der Waals surface area contributed by atoms with E-state index < -0.39 is 10.0 Å². The lowest BCUT2D eigenvalue weighted by molar-refractivity contribution is 0.318. The molecule has 0 spiro atoms. The number of amidine groups is 1. The van der Waals surface area contributed by atoms with Crippen LogP contribution in [0.15, 0.2) is 40.6 Å². The van der Waals surface area contributed by atoms with E-state index in [2.05, 4.69) is 20.1 Å². The lowest BCUT2D eigenvalue weighted by Crippen LogP contribution is -2.20. The average Bonchev–Trinajstić information content (AvgIpc) is 2.92. The number of nitrogens with two attached hydrogens (primary N) is 1. The zero-order valence-corrected chi connectivity index (χ0v) is 11.3. The molecule has 0 radical (unpaired) electrons. The van der Waals surface area contributed by atoms with Gasteiger partial charge in [-0.25, -0.2) is 0 Å². The Labute approximate surface area is 115 Å². The lowest BCUT2D eigenvalue weighted by atomic mass is 10.1. The number of nitrogens with zero attached hydrogens (tertiary/aromatic N) is 2. The molecule has 0 aliphatic heterocycles. The third kappa shape index (κ3) is 2.57. The highest BCUT2D eigenvalue weighted by molar-refractivity contribution is 7.92. The highest BCUT2D eigenvalue weighted by Crippen LogP contribution is 2.22. The van der Waals surface area contributed by atoms with Gasteiger partial charge >= 0.3 is 0 Å². The van der Waals surface area contributed by atoms with E-state index in [0.29, 0.717) is 11.1 Å². The zero-order chi connectivity index (χ0) is 14.8. The lowest BCUT2D eigenvalue weighted by Gasteiger charge is -2.12. The van der Waals surface area contributed by atoms with E-state index in [1.807, 2.05) is 0 Å². The van der Waals surface area contributed by atoms with Crippen molar-refractivity contribution in [1.82, 2.24) is 10.2 Å². The molecule has 0 atom stereocenters. The van der Waals surface area contributed by atoms with Gasteiger partial charge in [0, 0.05) is 5.56 Å². The number of anilines is 1. The molecule has 0 aliphatic rings. The Morgan fingerprint density at radius 2 is 2.20 bits per heavy atom. The Hall–Kier alpha value is -2.55. The SMILES string of the molecule is Cc1cccc(NS(=O)(=O)c2ccn[nH]2)c1/C(N)=N/O. The van der Waals surface area contributed by atoms with Crippen molar-refractivity contribution in [3.05, 3.63) is 41.6 Å². The van der Waals surface area contributed by atoms with Crippen LogP contribution in [0.3, 0.4) is 0 Å². The third-order valence-electron chi connectivity index (χ3n) is 2.65. The molecule has 2 aromatic rings. The summed E-state index contributed by atoms with van der Waals surface area (Å²) in [6.07, 6.45) is 1.33. The molecule has 1 aromatic carbocycles. The number of aromatic nitrogens is 2. The first kappa shape index (κ1) is 13.9. The number of oxime groups is 1. The van der Waals surface area contributed by atoms with Crippen LogP contribution in [0.1, 0.15) is 11.1 Å². The molecule has 0 fully saturated rings. The number of aryl methyl sites for hydroxylation is 1. The van der Waals surface area contributed by atoms with E-state index in [1.54, 1.807) is 19.1 Å². The van der Waals surface area contributed by atoms with Crippen LogP contribution < -0.4 is 10.5 Å². The number of benzene rings is 1. The summed E-state index contributed by atoms with van der Waals surface area (Å²) < 4.78 is 26.6. The highest BCUT2D eigenvalue weighted by atomic mass is 32.2. The number of hydrogen-bond donors (Lipinski definition) is 4. The molecular formula is C11H13N5O3S. The summed E-state index contributed by atoms with van der Waals surface area (Å²) in [7, 11) is -3.81. The monoisotopic (exact) mass is 295 g/mol. The molecule has 1 heterocycles. The van der Waals surface area contributed by atoms with Crippen molar-refractivity contribution in [3.8, 4) is 0 Å². The fraction of sp³-hybridized carbons (Fsp3) is 0.0909. The Kier molecular flexibility index (Phi) is 3.61.